The van der Waals surface area contributed by atoms with Crippen molar-refractivity contribution in [2.75, 3.05) is 11.9 Å². The standard InChI is InChI=1S/C20H23N3O6S/c1-2-28-20(25)29-17-12-30-19(21-17)22-18(24)16(11-13-5-3-4-6-13)14-7-9-15(10-8-14)23(26)27/h7-10,12-13,16H,2-6,11H2,1H3,(H,21,22,24). The molecule has 1 aliphatic rings. The van der Waals surface area contributed by atoms with Crippen molar-refractivity contribution >= 4 is 34.2 Å². The van der Waals surface area contributed by atoms with Crippen LogP contribution in [0.25, 0.3) is 0 Å². The van der Waals surface area contributed by atoms with Crippen molar-refractivity contribution in [3.8, 4) is 5.88 Å². The molecule has 0 saturated heterocycles. The number of nitro benzene ring substituents is 1. The van der Waals surface area contributed by atoms with Crippen molar-refractivity contribution in [1.29, 1.82) is 0 Å². The Hall–Kier alpha value is -3.01. The molecule has 1 heterocycles. The molecular formula is C20H23N3O6S. The predicted octanol–water partition coefficient (Wildman–Crippen LogP) is 4.89. The van der Waals surface area contributed by atoms with Gasteiger partial charge in [-0.05, 0) is 24.8 Å². The van der Waals surface area contributed by atoms with Crippen molar-refractivity contribution in [3.63, 3.8) is 0 Å². The highest BCUT2D eigenvalue weighted by atomic mass is 32.1. The van der Waals surface area contributed by atoms with E-state index in [4.69, 9.17) is 9.47 Å². The third kappa shape index (κ3) is 5.76. The van der Waals surface area contributed by atoms with Crippen LogP contribution in [-0.2, 0) is 9.53 Å². The lowest BCUT2D eigenvalue weighted by atomic mass is 9.87. The van der Waals surface area contributed by atoms with Crippen LogP contribution in [0.1, 0.15) is 50.5 Å². The monoisotopic (exact) mass is 433 g/mol. The number of anilines is 1. The van der Waals surface area contributed by atoms with Gasteiger partial charge in [0.05, 0.1) is 22.8 Å². The summed E-state index contributed by atoms with van der Waals surface area (Å²) in [5.74, 6) is -0.202. The van der Waals surface area contributed by atoms with Crippen molar-refractivity contribution in [2.24, 2.45) is 5.92 Å². The second kappa shape index (κ2) is 10.1. The average molecular weight is 433 g/mol. The fraction of sp³-hybridized carbons (Fsp3) is 0.450. The summed E-state index contributed by atoms with van der Waals surface area (Å²) < 4.78 is 9.63. The molecule has 1 saturated carbocycles. The summed E-state index contributed by atoms with van der Waals surface area (Å²) >= 11 is 1.13. The van der Waals surface area contributed by atoms with Gasteiger partial charge in [0.2, 0.25) is 11.8 Å². The molecule has 160 valence electrons. The summed E-state index contributed by atoms with van der Waals surface area (Å²) in [4.78, 5) is 39.0. The predicted molar refractivity (Wildman–Crippen MR) is 111 cm³/mol. The third-order valence-corrected chi connectivity index (χ3v) is 5.77. The number of nitrogens with zero attached hydrogens (tertiary/aromatic N) is 2. The first-order valence-corrected chi connectivity index (χ1v) is 10.7. The maximum Gasteiger partial charge on any atom is 0.515 e. The van der Waals surface area contributed by atoms with Crippen LogP contribution in [0.2, 0.25) is 0 Å². The van der Waals surface area contributed by atoms with Crippen LogP contribution in [0, 0.1) is 16.0 Å². The number of nitro groups is 1. The van der Waals surface area contributed by atoms with E-state index in [1.165, 1.54) is 17.5 Å². The first kappa shape index (κ1) is 21.7. The minimum absolute atomic E-state index is 0.0144. The van der Waals surface area contributed by atoms with Gasteiger partial charge in [0.1, 0.15) is 0 Å². The Labute approximate surface area is 177 Å². The van der Waals surface area contributed by atoms with E-state index in [0.29, 0.717) is 17.5 Å². The molecule has 0 spiro atoms. The summed E-state index contributed by atoms with van der Waals surface area (Å²) in [6.07, 6.45) is 4.27. The van der Waals surface area contributed by atoms with Gasteiger partial charge in [-0.15, -0.1) is 11.3 Å². The van der Waals surface area contributed by atoms with Gasteiger partial charge in [-0.2, -0.15) is 4.98 Å². The zero-order valence-corrected chi connectivity index (χ0v) is 17.4. The highest BCUT2D eigenvalue weighted by molar-refractivity contribution is 7.14. The molecule has 1 aromatic heterocycles. The number of nitrogens with one attached hydrogen (secondary N) is 1. The number of carbonyl (C=O) groups excluding carboxylic acids is 2. The van der Waals surface area contributed by atoms with E-state index in [-0.39, 0.29) is 24.1 Å². The molecule has 1 N–H and O–H groups in total. The van der Waals surface area contributed by atoms with Crippen LogP contribution in [-0.4, -0.2) is 28.6 Å². The summed E-state index contributed by atoms with van der Waals surface area (Å²) in [6.45, 7) is 1.85. The van der Waals surface area contributed by atoms with Gasteiger partial charge >= 0.3 is 6.16 Å². The van der Waals surface area contributed by atoms with Crippen LogP contribution < -0.4 is 10.1 Å². The number of benzene rings is 1. The minimum atomic E-state index is -0.856. The van der Waals surface area contributed by atoms with Gasteiger partial charge < -0.3 is 14.8 Å². The summed E-state index contributed by atoms with van der Waals surface area (Å²) in [5.41, 5.74) is 0.712. The van der Waals surface area contributed by atoms with E-state index in [1.54, 1.807) is 19.1 Å². The van der Waals surface area contributed by atoms with E-state index >= 15 is 0 Å². The largest absolute Gasteiger partial charge is 0.515 e. The number of carbonyl (C=O) groups is 2. The van der Waals surface area contributed by atoms with Crippen molar-refractivity contribution < 1.29 is 24.0 Å². The molecule has 1 aliphatic carbocycles. The fourth-order valence-electron chi connectivity index (χ4n) is 3.59. The zero-order valence-electron chi connectivity index (χ0n) is 16.5. The summed E-state index contributed by atoms with van der Waals surface area (Å²) in [6, 6.07) is 6.10. The second-order valence-corrected chi connectivity index (χ2v) is 7.91. The van der Waals surface area contributed by atoms with Gasteiger partial charge in [-0.25, -0.2) is 4.79 Å². The normalized spacial score (nSPS) is 14.8. The molecule has 3 rings (SSSR count). The molecule has 1 fully saturated rings. The van der Waals surface area contributed by atoms with E-state index in [1.807, 2.05) is 0 Å². The zero-order chi connectivity index (χ0) is 21.5. The van der Waals surface area contributed by atoms with E-state index in [9.17, 15) is 19.7 Å². The van der Waals surface area contributed by atoms with E-state index in [0.717, 1.165) is 42.6 Å². The van der Waals surface area contributed by atoms with Gasteiger partial charge in [0, 0.05) is 12.1 Å². The van der Waals surface area contributed by atoms with Gasteiger partial charge in [0.15, 0.2) is 5.13 Å². The number of non-ortho nitro benzene ring substituents is 1. The smallest absolute Gasteiger partial charge is 0.434 e. The highest BCUT2D eigenvalue weighted by Crippen LogP contribution is 2.35. The van der Waals surface area contributed by atoms with Crippen molar-refractivity contribution in [3.05, 3.63) is 45.3 Å². The Bertz CT molecular complexity index is 892. The lowest BCUT2D eigenvalue weighted by Gasteiger charge is -2.20. The SMILES string of the molecule is CCOC(=O)Oc1csc(NC(=O)C(CC2CCCC2)c2ccc([N+](=O)[O-])cc2)n1. The number of hydrogen-bond donors (Lipinski definition) is 1. The molecular weight excluding hydrogens is 410 g/mol. The minimum Gasteiger partial charge on any atom is -0.434 e. The van der Waals surface area contributed by atoms with Crippen molar-refractivity contribution in [1.82, 2.24) is 4.98 Å². The quantitative estimate of drug-likeness (QED) is 0.357. The van der Waals surface area contributed by atoms with E-state index in [2.05, 4.69) is 10.3 Å². The number of amides is 1. The number of aromatic nitrogens is 1. The molecule has 1 aromatic carbocycles. The molecule has 1 unspecified atom stereocenters. The number of thiazole rings is 1. The fourth-order valence-corrected chi connectivity index (χ4v) is 4.21. The molecule has 30 heavy (non-hydrogen) atoms. The molecule has 0 bridgehead atoms. The van der Waals surface area contributed by atoms with E-state index < -0.39 is 17.0 Å². The van der Waals surface area contributed by atoms with Crippen LogP contribution >= 0.6 is 11.3 Å². The maximum atomic E-state index is 13.0. The Morgan fingerprint density at radius 1 is 1.30 bits per heavy atom. The Balaban J connectivity index is 1.72. The summed E-state index contributed by atoms with van der Waals surface area (Å²) in [5, 5.41) is 15.5. The molecule has 0 aliphatic heterocycles. The van der Waals surface area contributed by atoms with Crippen LogP contribution in [0.5, 0.6) is 5.88 Å². The second-order valence-electron chi connectivity index (χ2n) is 7.05. The van der Waals surface area contributed by atoms with Crippen molar-refractivity contribution in [2.45, 2.75) is 44.9 Å². The molecule has 1 atom stereocenters. The first-order valence-electron chi connectivity index (χ1n) is 9.81. The average Bonchev–Trinajstić information content (AvgIpc) is 3.38. The van der Waals surface area contributed by atoms with Crippen LogP contribution in [0.4, 0.5) is 15.6 Å². The third-order valence-electron chi connectivity index (χ3n) is 5.03. The maximum absolute atomic E-state index is 13.0. The van der Waals surface area contributed by atoms with Gasteiger partial charge in [-0.1, -0.05) is 37.8 Å². The highest BCUT2D eigenvalue weighted by Gasteiger charge is 2.28. The van der Waals surface area contributed by atoms with Crippen LogP contribution in [0.15, 0.2) is 29.6 Å². The molecule has 0 radical (unpaired) electrons. The lowest BCUT2D eigenvalue weighted by molar-refractivity contribution is -0.384. The molecule has 9 nitrogen and oxygen atoms in total. The summed E-state index contributed by atoms with van der Waals surface area (Å²) in [7, 11) is 0. The number of rotatable bonds is 8. The topological polar surface area (TPSA) is 121 Å². The first-order chi connectivity index (χ1) is 14.5. The Morgan fingerprint density at radius 3 is 2.63 bits per heavy atom. The van der Waals surface area contributed by atoms with Gasteiger partial charge in [-0.3, -0.25) is 14.9 Å². The number of ether oxygens (including phenoxy) is 2. The number of hydrogen-bond acceptors (Lipinski definition) is 8. The molecule has 1 amide bonds. The van der Waals surface area contributed by atoms with Crippen LogP contribution in [0.3, 0.4) is 0 Å². The lowest BCUT2D eigenvalue weighted by Crippen LogP contribution is -2.23. The molecule has 2 aromatic rings. The van der Waals surface area contributed by atoms with Gasteiger partial charge in [0.25, 0.3) is 5.69 Å². The Morgan fingerprint density at radius 2 is 2.00 bits per heavy atom. The Kier molecular flexibility index (Phi) is 7.34. The molecule has 10 heteroatoms.